The van der Waals surface area contributed by atoms with Crippen LogP contribution in [0.25, 0.3) is 0 Å². The van der Waals surface area contributed by atoms with Crippen LogP contribution in [0.4, 0.5) is 0 Å². The van der Waals surface area contributed by atoms with E-state index in [1.54, 1.807) is 0 Å². The van der Waals surface area contributed by atoms with Crippen LogP contribution >= 0.6 is 0 Å². The lowest BCUT2D eigenvalue weighted by Gasteiger charge is -2.18. The van der Waals surface area contributed by atoms with E-state index in [0.29, 0.717) is 11.5 Å². The molecule has 22 heavy (non-hydrogen) atoms. The standard InChI is InChI=1S/C18H23BO3/c1-11-7-13(3)17(14(4)8-11)21-19(20)22-18-15(5)9-12(2)10-16(18)6/h7-10,20H,1-6H3. The molecule has 2 aromatic rings. The molecular formula is C18H23BO3. The Hall–Kier alpha value is -1.94. The fraction of sp³-hybridized carbons (Fsp3) is 0.333. The summed E-state index contributed by atoms with van der Waals surface area (Å²) in [7, 11) is -1.33. The Kier molecular flexibility index (Phi) is 4.82. The van der Waals surface area contributed by atoms with Crippen molar-refractivity contribution in [2.45, 2.75) is 41.5 Å². The minimum absolute atomic E-state index is 0.667. The summed E-state index contributed by atoms with van der Waals surface area (Å²) in [5.74, 6) is 1.33. The zero-order valence-corrected chi connectivity index (χ0v) is 14.2. The van der Waals surface area contributed by atoms with Crippen molar-refractivity contribution in [2.24, 2.45) is 0 Å². The largest absolute Gasteiger partial charge is 0.785 e. The first-order chi connectivity index (χ1) is 10.3. The first-order valence-electron chi connectivity index (χ1n) is 7.45. The Morgan fingerprint density at radius 2 is 0.909 bits per heavy atom. The van der Waals surface area contributed by atoms with E-state index < -0.39 is 7.32 Å². The summed E-state index contributed by atoms with van der Waals surface area (Å²) >= 11 is 0. The van der Waals surface area contributed by atoms with Gasteiger partial charge in [-0.3, -0.25) is 0 Å². The average molecular weight is 298 g/mol. The third kappa shape index (κ3) is 3.63. The molecule has 0 unspecified atom stereocenters. The Bertz CT molecular complexity index is 589. The zero-order valence-electron chi connectivity index (χ0n) is 14.2. The summed E-state index contributed by atoms with van der Waals surface area (Å²) in [6.45, 7) is 11.9. The maximum absolute atomic E-state index is 10.1. The summed E-state index contributed by atoms with van der Waals surface area (Å²) in [6, 6.07) is 8.10. The van der Waals surface area contributed by atoms with Gasteiger partial charge in [0.25, 0.3) is 0 Å². The number of hydrogen-bond donors (Lipinski definition) is 1. The Labute approximate surface area is 133 Å². The molecule has 0 aliphatic rings. The van der Waals surface area contributed by atoms with Crippen molar-refractivity contribution in [1.29, 1.82) is 0 Å². The van der Waals surface area contributed by atoms with Crippen LogP contribution in [-0.2, 0) is 0 Å². The fourth-order valence-electron chi connectivity index (χ4n) is 2.93. The third-order valence-electron chi connectivity index (χ3n) is 3.65. The van der Waals surface area contributed by atoms with Gasteiger partial charge in [-0.2, -0.15) is 0 Å². The Balaban J connectivity index is 2.19. The SMILES string of the molecule is Cc1cc(C)c(OB(O)Oc2c(C)cc(C)cc2C)c(C)c1. The van der Waals surface area contributed by atoms with Crippen molar-refractivity contribution in [3.63, 3.8) is 0 Å². The molecule has 1 N–H and O–H groups in total. The Morgan fingerprint density at radius 1 is 0.636 bits per heavy atom. The van der Waals surface area contributed by atoms with Crippen LogP contribution in [0.3, 0.4) is 0 Å². The molecule has 116 valence electrons. The molecule has 0 heterocycles. The van der Waals surface area contributed by atoms with Crippen molar-refractivity contribution < 1.29 is 14.3 Å². The van der Waals surface area contributed by atoms with Crippen LogP contribution in [0.1, 0.15) is 33.4 Å². The second-order valence-corrected chi connectivity index (χ2v) is 6.00. The molecule has 0 atom stereocenters. The fourth-order valence-corrected chi connectivity index (χ4v) is 2.93. The van der Waals surface area contributed by atoms with Crippen LogP contribution in [0.2, 0.25) is 0 Å². The predicted octanol–water partition coefficient (Wildman–Crippen LogP) is 3.97. The third-order valence-corrected chi connectivity index (χ3v) is 3.65. The zero-order chi connectivity index (χ0) is 16.4. The normalized spacial score (nSPS) is 10.5. The van der Waals surface area contributed by atoms with E-state index in [1.165, 1.54) is 11.1 Å². The van der Waals surface area contributed by atoms with Gasteiger partial charge in [-0.05, 0) is 63.8 Å². The quantitative estimate of drug-likeness (QED) is 0.868. The van der Waals surface area contributed by atoms with Gasteiger partial charge in [-0.1, -0.05) is 35.4 Å². The van der Waals surface area contributed by atoms with E-state index in [1.807, 2.05) is 65.8 Å². The summed E-state index contributed by atoms with van der Waals surface area (Å²) in [4.78, 5) is 0. The minimum atomic E-state index is -1.33. The van der Waals surface area contributed by atoms with Gasteiger partial charge in [0.15, 0.2) is 0 Å². The van der Waals surface area contributed by atoms with Gasteiger partial charge in [0.1, 0.15) is 11.5 Å². The highest BCUT2D eigenvalue weighted by Crippen LogP contribution is 2.28. The van der Waals surface area contributed by atoms with Crippen molar-refractivity contribution in [2.75, 3.05) is 0 Å². The molecule has 0 saturated heterocycles. The lowest BCUT2D eigenvalue weighted by molar-refractivity contribution is 0.294. The molecule has 0 aliphatic heterocycles. The number of aryl methyl sites for hydroxylation is 6. The average Bonchev–Trinajstić information content (AvgIpc) is 2.38. The maximum atomic E-state index is 10.1. The van der Waals surface area contributed by atoms with E-state index in [4.69, 9.17) is 9.31 Å². The number of rotatable bonds is 4. The molecule has 0 amide bonds. The van der Waals surface area contributed by atoms with Gasteiger partial charge < -0.3 is 14.3 Å². The van der Waals surface area contributed by atoms with Crippen LogP contribution in [0.15, 0.2) is 24.3 Å². The summed E-state index contributed by atoms with van der Waals surface area (Å²) in [6.07, 6.45) is 0. The Morgan fingerprint density at radius 3 is 1.18 bits per heavy atom. The predicted molar refractivity (Wildman–Crippen MR) is 90.5 cm³/mol. The second kappa shape index (κ2) is 6.45. The van der Waals surface area contributed by atoms with E-state index in [-0.39, 0.29) is 0 Å². The summed E-state index contributed by atoms with van der Waals surface area (Å²) in [5.41, 5.74) is 6.27. The number of benzene rings is 2. The lowest BCUT2D eigenvalue weighted by Crippen LogP contribution is -2.31. The molecular weight excluding hydrogens is 275 g/mol. The number of hydrogen-bond acceptors (Lipinski definition) is 3. The molecule has 0 spiro atoms. The molecule has 2 aromatic carbocycles. The van der Waals surface area contributed by atoms with Crippen molar-refractivity contribution in [3.05, 3.63) is 57.6 Å². The van der Waals surface area contributed by atoms with Gasteiger partial charge in [0.2, 0.25) is 0 Å². The molecule has 0 aliphatic carbocycles. The van der Waals surface area contributed by atoms with E-state index in [9.17, 15) is 5.02 Å². The maximum Gasteiger partial charge on any atom is 0.785 e. The van der Waals surface area contributed by atoms with Crippen molar-refractivity contribution in [3.8, 4) is 11.5 Å². The molecule has 0 aromatic heterocycles. The van der Waals surface area contributed by atoms with Gasteiger partial charge in [-0.25, -0.2) is 0 Å². The highest BCUT2D eigenvalue weighted by Gasteiger charge is 2.25. The monoisotopic (exact) mass is 298 g/mol. The minimum Gasteiger partial charge on any atom is -0.501 e. The van der Waals surface area contributed by atoms with E-state index in [0.717, 1.165) is 22.3 Å². The van der Waals surface area contributed by atoms with Gasteiger partial charge in [0, 0.05) is 0 Å². The van der Waals surface area contributed by atoms with Gasteiger partial charge >= 0.3 is 7.32 Å². The molecule has 0 fully saturated rings. The van der Waals surface area contributed by atoms with Crippen LogP contribution < -0.4 is 9.31 Å². The van der Waals surface area contributed by atoms with Crippen LogP contribution in [0.5, 0.6) is 11.5 Å². The van der Waals surface area contributed by atoms with E-state index >= 15 is 0 Å². The highest BCUT2D eigenvalue weighted by molar-refractivity contribution is 6.36. The molecule has 2 rings (SSSR count). The van der Waals surface area contributed by atoms with Gasteiger partial charge in [-0.15, -0.1) is 0 Å². The highest BCUT2D eigenvalue weighted by atomic mass is 16.7. The van der Waals surface area contributed by atoms with E-state index in [2.05, 4.69) is 0 Å². The van der Waals surface area contributed by atoms with Crippen molar-refractivity contribution in [1.82, 2.24) is 0 Å². The first-order valence-corrected chi connectivity index (χ1v) is 7.45. The molecule has 0 radical (unpaired) electrons. The first kappa shape index (κ1) is 16.4. The second-order valence-electron chi connectivity index (χ2n) is 6.00. The van der Waals surface area contributed by atoms with Crippen LogP contribution in [-0.4, -0.2) is 12.3 Å². The lowest BCUT2D eigenvalue weighted by atomic mass is 10.0. The molecule has 0 bridgehead atoms. The molecule has 4 heteroatoms. The summed E-state index contributed by atoms with van der Waals surface area (Å²) in [5, 5.41) is 10.1. The topological polar surface area (TPSA) is 38.7 Å². The van der Waals surface area contributed by atoms with Gasteiger partial charge in [0.05, 0.1) is 0 Å². The smallest absolute Gasteiger partial charge is 0.501 e. The van der Waals surface area contributed by atoms with Crippen molar-refractivity contribution >= 4 is 7.32 Å². The molecule has 3 nitrogen and oxygen atoms in total. The van der Waals surface area contributed by atoms with Crippen LogP contribution in [0, 0.1) is 41.5 Å². The molecule has 0 saturated carbocycles. The summed E-state index contributed by atoms with van der Waals surface area (Å²) < 4.78 is 11.2.